The maximum Gasteiger partial charge on any atom is 0.183 e. The van der Waals surface area contributed by atoms with Crippen LogP contribution in [0.25, 0.3) is 11.6 Å². The Kier molecular flexibility index (Phi) is 3.04. The summed E-state index contributed by atoms with van der Waals surface area (Å²) in [4.78, 5) is 0. The average Bonchev–Trinajstić information content (AvgIpc) is 2.96. The first-order chi connectivity index (χ1) is 10.8. The van der Waals surface area contributed by atoms with E-state index in [4.69, 9.17) is 4.52 Å². The fourth-order valence-electron chi connectivity index (χ4n) is 2.90. The summed E-state index contributed by atoms with van der Waals surface area (Å²) in [6.45, 7) is 1.96. The zero-order valence-corrected chi connectivity index (χ0v) is 12.3. The van der Waals surface area contributed by atoms with Crippen LogP contribution in [-0.2, 0) is 0 Å². The van der Waals surface area contributed by atoms with Gasteiger partial charge in [0.05, 0.1) is 6.04 Å². The molecule has 0 fully saturated rings. The van der Waals surface area contributed by atoms with Gasteiger partial charge in [0.1, 0.15) is 11.4 Å². The van der Waals surface area contributed by atoms with Crippen molar-refractivity contribution in [2.24, 2.45) is 0 Å². The molecule has 1 aliphatic heterocycles. The maximum atomic E-state index is 5.43. The highest BCUT2D eigenvalue weighted by Gasteiger charge is 2.27. The molecule has 3 nitrogen and oxygen atoms in total. The van der Waals surface area contributed by atoms with Crippen molar-refractivity contribution in [1.82, 2.24) is 5.16 Å². The Balaban J connectivity index is 1.88. The number of nitrogens with one attached hydrogen (secondary N) is 1. The van der Waals surface area contributed by atoms with E-state index in [1.165, 1.54) is 16.7 Å². The minimum Gasteiger partial charge on any atom is -0.369 e. The second kappa shape index (κ2) is 5.19. The van der Waals surface area contributed by atoms with Crippen molar-refractivity contribution in [1.29, 1.82) is 0 Å². The topological polar surface area (TPSA) is 38.1 Å². The molecule has 1 aromatic heterocycles. The molecule has 1 aliphatic rings. The van der Waals surface area contributed by atoms with E-state index in [1.807, 2.05) is 19.1 Å². The zero-order valence-electron chi connectivity index (χ0n) is 12.3. The maximum absolute atomic E-state index is 5.43. The number of aryl methyl sites for hydroxylation is 1. The zero-order chi connectivity index (χ0) is 14.9. The SMILES string of the molecule is Cc1noc2c1NC(c1ccccc1)C(c1ccccc1)=C2. The number of benzene rings is 2. The fourth-order valence-corrected chi connectivity index (χ4v) is 2.90. The number of aromatic nitrogens is 1. The Morgan fingerprint density at radius 1 is 0.955 bits per heavy atom. The monoisotopic (exact) mass is 288 g/mol. The number of anilines is 1. The van der Waals surface area contributed by atoms with Gasteiger partial charge in [0, 0.05) is 0 Å². The Labute approximate surface area is 129 Å². The van der Waals surface area contributed by atoms with Crippen molar-refractivity contribution in [2.45, 2.75) is 13.0 Å². The van der Waals surface area contributed by atoms with Crippen LogP contribution in [0.5, 0.6) is 0 Å². The van der Waals surface area contributed by atoms with Gasteiger partial charge in [-0.3, -0.25) is 0 Å². The summed E-state index contributed by atoms with van der Waals surface area (Å²) >= 11 is 0. The number of hydrogen-bond donors (Lipinski definition) is 1. The summed E-state index contributed by atoms with van der Waals surface area (Å²) in [5.41, 5.74) is 5.47. The van der Waals surface area contributed by atoms with Crippen LogP contribution in [0.3, 0.4) is 0 Å². The summed E-state index contributed by atoms with van der Waals surface area (Å²) in [5, 5.41) is 7.66. The first-order valence-corrected chi connectivity index (χ1v) is 7.38. The number of rotatable bonds is 2. The van der Waals surface area contributed by atoms with Crippen molar-refractivity contribution in [2.75, 3.05) is 5.32 Å². The molecule has 0 saturated carbocycles. The lowest BCUT2D eigenvalue weighted by Gasteiger charge is -2.26. The molecular weight excluding hydrogens is 272 g/mol. The highest BCUT2D eigenvalue weighted by molar-refractivity contribution is 5.91. The minimum absolute atomic E-state index is 0.0919. The van der Waals surface area contributed by atoms with Gasteiger partial charge >= 0.3 is 0 Å². The first kappa shape index (κ1) is 12.9. The van der Waals surface area contributed by atoms with Gasteiger partial charge in [-0.1, -0.05) is 65.8 Å². The molecule has 4 rings (SSSR count). The number of nitrogens with zero attached hydrogens (tertiary/aromatic N) is 1. The van der Waals surface area contributed by atoms with Crippen molar-refractivity contribution < 1.29 is 4.52 Å². The van der Waals surface area contributed by atoms with E-state index < -0.39 is 0 Å². The van der Waals surface area contributed by atoms with Gasteiger partial charge in [0.25, 0.3) is 0 Å². The molecule has 3 heteroatoms. The van der Waals surface area contributed by atoms with Crippen LogP contribution >= 0.6 is 0 Å². The molecule has 0 saturated heterocycles. The third kappa shape index (κ3) is 2.11. The van der Waals surface area contributed by atoms with E-state index in [2.05, 4.69) is 65.1 Å². The highest BCUT2D eigenvalue weighted by Crippen LogP contribution is 2.41. The van der Waals surface area contributed by atoms with E-state index in [9.17, 15) is 0 Å². The average molecular weight is 288 g/mol. The lowest BCUT2D eigenvalue weighted by atomic mass is 9.89. The number of fused-ring (bicyclic) bond motifs is 1. The predicted molar refractivity (Wildman–Crippen MR) is 88.4 cm³/mol. The van der Waals surface area contributed by atoms with Crippen LogP contribution < -0.4 is 5.32 Å². The third-order valence-electron chi connectivity index (χ3n) is 4.02. The Morgan fingerprint density at radius 3 is 2.36 bits per heavy atom. The van der Waals surface area contributed by atoms with Crippen molar-refractivity contribution in [3.63, 3.8) is 0 Å². The molecule has 1 N–H and O–H groups in total. The van der Waals surface area contributed by atoms with Gasteiger partial charge in [-0.2, -0.15) is 0 Å². The molecular formula is C19H16N2O. The standard InChI is InChI=1S/C19H16N2O/c1-13-18-17(22-21-13)12-16(14-8-4-2-5-9-14)19(20-18)15-10-6-3-7-11-15/h2-12,19-20H,1H3. The lowest BCUT2D eigenvalue weighted by Crippen LogP contribution is -2.16. The van der Waals surface area contributed by atoms with E-state index in [1.54, 1.807) is 0 Å². The molecule has 2 heterocycles. The molecule has 2 aromatic carbocycles. The largest absolute Gasteiger partial charge is 0.369 e. The van der Waals surface area contributed by atoms with Gasteiger partial charge in [0.15, 0.2) is 5.76 Å². The summed E-state index contributed by atoms with van der Waals surface area (Å²) < 4.78 is 5.43. The Hall–Kier alpha value is -2.81. The molecule has 0 aliphatic carbocycles. The van der Waals surface area contributed by atoms with Crippen molar-refractivity contribution in [3.05, 3.63) is 83.2 Å². The van der Waals surface area contributed by atoms with Gasteiger partial charge < -0.3 is 9.84 Å². The summed E-state index contributed by atoms with van der Waals surface area (Å²) in [5.74, 6) is 0.795. The van der Waals surface area contributed by atoms with Crippen LogP contribution in [0, 0.1) is 6.92 Å². The third-order valence-corrected chi connectivity index (χ3v) is 4.02. The van der Waals surface area contributed by atoms with Crippen LogP contribution in [0.1, 0.15) is 28.6 Å². The molecule has 3 aromatic rings. The van der Waals surface area contributed by atoms with E-state index >= 15 is 0 Å². The van der Waals surface area contributed by atoms with Gasteiger partial charge in [-0.05, 0) is 29.7 Å². The van der Waals surface area contributed by atoms with Crippen molar-refractivity contribution in [3.8, 4) is 0 Å². The Morgan fingerprint density at radius 2 is 1.64 bits per heavy atom. The number of hydrogen-bond acceptors (Lipinski definition) is 3. The molecule has 0 bridgehead atoms. The second-order valence-corrected chi connectivity index (χ2v) is 5.46. The van der Waals surface area contributed by atoms with E-state index in [0.717, 1.165) is 17.1 Å². The van der Waals surface area contributed by atoms with Crippen LogP contribution in [0.2, 0.25) is 0 Å². The molecule has 1 atom stereocenters. The molecule has 0 amide bonds. The van der Waals surface area contributed by atoms with E-state index in [-0.39, 0.29) is 6.04 Å². The fraction of sp³-hybridized carbons (Fsp3) is 0.105. The van der Waals surface area contributed by atoms with Gasteiger partial charge in [0.2, 0.25) is 0 Å². The molecule has 108 valence electrons. The summed E-state index contributed by atoms with van der Waals surface area (Å²) in [6, 6.07) is 20.9. The highest BCUT2D eigenvalue weighted by atomic mass is 16.5. The summed E-state index contributed by atoms with van der Waals surface area (Å²) in [7, 11) is 0. The smallest absolute Gasteiger partial charge is 0.183 e. The second-order valence-electron chi connectivity index (χ2n) is 5.46. The molecule has 0 spiro atoms. The normalized spacial score (nSPS) is 16.6. The van der Waals surface area contributed by atoms with Crippen LogP contribution in [-0.4, -0.2) is 5.16 Å². The van der Waals surface area contributed by atoms with E-state index in [0.29, 0.717) is 0 Å². The molecule has 22 heavy (non-hydrogen) atoms. The minimum atomic E-state index is 0.0919. The molecule has 0 radical (unpaired) electrons. The molecule has 1 unspecified atom stereocenters. The lowest BCUT2D eigenvalue weighted by molar-refractivity contribution is 0.408. The van der Waals surface area contributed by atoms with Gasteiger partial charge in [-0.15, -0.1) is 0 Å². The predicted octanol–water partition coefficient (Wildman–Crippen LogP) is 4.69. The Bertz CT molecular complexity index is 819. The van der Waals surface area contributed by atoms with Gasteiger partial charge in [-0.25, -0.2) is 0 Å². The quantitative estimate of drug-likeness (QED) is 0.743. The van der Waals surface area contributed by atoms with Crippen molar-refractivity contribution >= 4 is 17.3 Å². The summed E-state index contributed by atoms with van der Waals surface area (Å²) in [6.07, 6.45) is 2.10. The van der Waals surface area contributed by atoms with Crippen LogP contribution in [0.4, 0.5) is 5.69 Å². The first-order valence-electron chi connectivity index (χ1n) is 7.38. The van der Waals surface area contributed by atoms with Crippen LogP contribution in [0.15, 0.2) is 65.2 Å².